The summed E-state index contributed by atoms with van der Waals surface area (Å²) < 4.78 is 5.00. The third kappa shape index (κ3) is 3.38. The van der Waals surface area contributed by atoms with Crippen LogP contribution in [0.25, 0.3) is 0 Å². The highest BCUT2D eigenvalue weighted by Gasteiger charge is 2.05. The van der Waals surface area contributed by atoms with Gasteiger partial charge in [0.2, 0.25) is 0 Å². The number of carbonyl (C=O) groups excluding carboxylic acids is 2. The van der Waals surface area contributed by atoms with Gasteiger partial charge in [-0.1, -0.05) is 17.7 Å². The Balaban J connectivity index is 2.85. The molecule has 3 heteroatoms. The first-order chi connectivity index (χ1) is 7.13. The molecule has 0 N–H and O–H groups in total. The molecular weight excluding hydrogens is 192 g/mol. The summed E-state index contributed by atoms with van der Waals surface area (Å²) in [4.78, 5) is 21.9. The first kappa shape index (κ1) is 11.2. The summed E-state index contributed by atoms with van der Waals surface area (Å²) in [6, 6.07) is 6.60. The molecule has 3 nitrogen and oxygen atoms in total. The molecule has 15 heavy (non-hydrogen) atoms. The van der Waals surface area contributed by atoms with Crippen LogP contribution in [0.15, 0.2) is 35.9 Å². The van der Waals surface area contributed by atoms with Gasteiger partial charge in [-0.05, 0) is 26.0 Å². The van der Waals surface area contributed by atoms with E-state index in [0.29, 0.717) is 11.8 Å². The Bertz CT molecular complexity index is 401. The van der Waals surface area contributed by atoms with Crippen LogP contribution >= 0.6 is 0 Å². The fourth-order valence-electron chi connectivity index (χ4n) is 1.04. The summed E-state index contributed by atoms with van der Waals surface area (Å²) in [6.07, 6.45) is 2.03. The highest BCUT2D eigenvalue weighted by Crippen LogP contribution is 2.15. The van der Waals surface area contributed by atoms with Gasteiger partial charge in [0.25, 0.3) is 0 Å². The van der Waals surface area contributed by atoms with Gasteiger partial charge in [0, 0.05) is 6.08 Å². The van der Waals surface area contributed by atoms with E-state index in [1.165, 1.54) is 6.08 Å². The molecule has 0 spiro atoms. The Labute approximate surface area is 88.4 Å². The smallest absolute Gasteiger partial charge is 0.336 e. The second kappa shape index (κ2) is 5.10. The molecule has 0 aliphatic heterocycles. The van der Waals surface area contributed by atoms with Gasteiger partial charge < -0.3 is 4.74 Å². The van der Waals surface area contributed by atoms with E-state index >= 15 is 0 Å². The minimum absolute atomic E-state index is 0.287. The monoisotopic (exact) mass is 204 g/mol. The number of rotatable bonds is 3. The highest BCUT2D eigenvalue weighted by atomic mass is 16.5. The molecule has 78 valence electrons. The number of ether oxygens (including phenoxy) is 1. The molecule has 0 aliphatic rings. The number of hydrogen-bond donors (Lipinski definition) is 0. The fraction of sp³-hybridized carbons (Fsp3) is 0.167. The zero-order valence-corrected chi connectivity index (χ0v) is 8.69. The van der Waals surface area contributed by atoms with Gasteiger partial charge in [0.15, 0.2) is 6.29 Å². The Kier molecular flexibility index (Phi) is 3.80. The van der Waals surface area contributed by atoms with Crippen molar-refractivity contribution in [1.29, 1.82) is 0 Å². The van der Waals surface area contributed by atoms with Crippen molar-refractivity contribution in [2.45, 2.75) is 13.8 Å². The topological polar surface area (TPSA) is 43.4 Å². The fourth-order valence-corrected chi connectivity index (χ4v) is 1.04. The minimum Gasteiger partial charge on any atom is -0.423 e. The Morgan fingerprint density at radius 3 is 2.53 bits per heavy atom. The molecule has 1 rings (SSSR count). The lowest BCUT2D eigenvalue weighted by Gasteiger charge is -2.03. The number of para-hydroxylation sites is 1. The summed E-state index contributed by atoms with van der Waals surface area (Å²) in [6.45, 7) is 3.60. The molecule has 0 saturated carbocycles. The number of hydrogen-bond acceptors (Lipinski definition) is 3. The normalized spacial score (nSPS) is 9.20. The predicted octanol–water partition coefficient (Wildman–Crippen LogP) is 2.37. The summed E-state index contributed by atoms with van der Waals surface area (Å²) in [7, 11) is 0. The first-order valence-electron chi connectivity index (χ1n) is 4.54. The molecule has 0 amide bonds. The van der Waals surface area contributed by atoms with Crippen molar-refractivity contribution in [2.75, 3.05) is 0 Å². The van der Waals surface area contributed by atoms with Gasteiger partial charge in [-0.15, -0.1) is 0 Å². The van der Waals surface area contributed by atoms with Gasteiger partial charge >= 0.3 is 5.97 Å². The standard InChI is InChI=1S/C12H12O3/c1-9(2)7-12(14)15-11-6-4-3-5-10(11)8-13/h3-8H,1-2H3. The van der Waals surface area contributed by atoms with Crippen LogP contribution in [0.5, 0.6) is 5.75 Å². The average Bonchev–Trinajstić information content (AvgIpc) is 2.17. The van der Waals surface area contributed by atoms with Gasteiger partial charge in [-0.3, -0.25) is 4.79 Å². The van der Waals surface area contributed by atoms with Crippen molar-refractivity contribution in [3.05, 3.63) is 41.5 Å². The average molecular weight is 204 g/mol. The molecule has 0 fully saturated rings. The Morgan fingerprint density at radius 2 is 1.93 bits per heavy atom. The van der Waals surface area contributed by atoms with E-state index in [4.69, 9.17) is 4.74 Å². The van der Waals surface area contributed by atoms with E-state index in [1.54, 1.807) is 38.1 Å². The molecule has 0 aliphatic carbocycles. The molecule has 0 atom stereocenters. The van der Waals surface area contributed by atoms with Crippen LogP contribution in [0.4, 0.5) is 0 Å². The van der Waals surface area contributed by atoms with Crippen LogP contribution in [-0.2, 0) is 4.79 Å². The summed E-state index contributed by atoms with van der Waals surface area (Å²) >= 11 is 0. The number of esters is 1. The third-order valence-corrected chi connectivity index (χ3v) is 1.66. The maximum absolute atomic E-state index is 11.3. The predicted molar refractivity (Wildman–Crippen MR) is 56.9 cm³/mol. The van der Waals surface area contributed by atoms with Gasteiger partial charge in [-0.2, -0.15) is 0 Å². The lowest BCUT2D eigenvalue weighted by Crippen LogP contribution is -2.06. The third-order valence-electron chi connectivity index (χ3n) is 1.66. The van der Waals surface area contributed by atoms with Crippen LogP contribution < -0.4 is 4.74 Å². The zero-order valence-electron chi connectivity index (χ0n) is 8.69. The van der Waals surface area contributed by atoms with Gasteiger partial charge in [0.1, 0.15) is 5.75 Å². The Morgan fingerprint density at radius 1 is 1.27 bits per heavy atom. The summed E-state index contributed by atoms with van der Waals surface area (Å²) in [5, 5.41) is 0. The van der Waals surface area contributed by atoms with Crippen LogP contribution in [0, 0.1) is 0 Å². The molecule has 1 aromatic carbocycles. The maximum Gasteiger partial charge on any atom is 0.336 e. The summed E-state index contributed by atoms with van der Waals surface area (Å²) in [5.74, 6) is -0.181. The maximum atomic E-state index is 11.3. The largest absolute Gasteiger partial charge is 0.423 e. The number of carbonyl (C=O) groups is 2. The quantitative estimate of drug-likeness (QED) is 0.328. The van der Waals surface area contributed by atoms with E-state index in [1.807, 2.05) is 0 Å². The van der Waals surface area contributed by atoms with Crippen molar-refractivity contribution < 1.29 is 14.3 Å². The first-order valence-corrected chi connectivity index (χ1v) is 4.54. The van der Waals surface area contributed by atoms with Gasteiger partial charge in [-0.25, -0.2) is 4.79 Å². The molecule has 0 unspecified atom stereocenters. The molecule has 0 radical (unpaired) electrons. The van der Waals surface area contributed by atoms with Crippen molar-refractivity contribution in [3.8, 4) is 5.75 Å². The van der Waals surface area contributed by atoms with Crippen molar-refractivity contribution in [1.82, 2.24) is 0 Å². The van der Waals surface area contributed by atoms with Crippen molar-refractivity contribution >= 4 is 12.3 Å². The Hall–Kier alpha value is -1.90. The lowest BCUT2D eigenvalue weighted by molar-refractivity contribution is -0.129. The van der Waals surface area contributed by atoms with Gasteiger partial charge in [0.05, 0.1) is 5.56 Å². The number of aldehydes is 1. The van der Waals surface area contributed by atoms with E-state index in [2.05, 4.69) is 0 Å². The molecule has 0 aromatic heterocycles. The molecule has 0 heterocycles. The number of benzene rings is 1. The highest BCUT2D eigenvalue weighted by molar-refractivity contribution is 5.87. The van der Waals surface area contributed by atoms with E-state index in [-0.39, 0.29) is 5.75 Å². The second-order valence-corrected chi connectivity index (χ2v) is 3.30. The molecular formula is C12H12O3. The van der Waals surface area contributed by atoms with Crippen LogP contribution in [0.2, 0.25) is 0 Å². The molecule has 1 aromatic rings. The van der Waals surface area contributed by atoms with Crippen LogP contribution in [0.3, 0.4) is 0 Å². The zero-order chi connectivity index (χ0) is 11.3. The SMILES string of the molecule is CC(C)=CC(=O)Oc1ccccc1C=O. The van der Waals surface area contributed by atoms with Crippen LogP contribution in [0.1, 0.15) is 24.2 Å². The minimum atomic E-state index is -0.468. The van der Waals surface area contributed by atoms with Crippen LogP contribution in [-0.4, -0.2) is 12.3 Å². The molecule has 0 saturated heterocycles. The lowest BCUT2D eigenvalue weighted by atomic mass is 10.2. The van der Waals surface area contributed by atoms with Crippen molar-refractivity contribution in [2.24, 2.45) is 0 Å². The van der Waals surface area contributed by atoms with E-state index < -0.39 is 5.97 Å². The van der Waals surface area contributed by atoms with E-state index in [0.717, 1.165) is 5.57 Å². The van der Waals surface area contributed by atoms with Crippen molar-refractivity contribution in [3.63, 3.8) is 0 Å². The summed E-state index contributed by atoms with van der Waals surface area (Å²) in [5.41, 5.74) is 1.22. The second-order valence-electron chi connectivity index (χ2n) is 3.30. The molecule has 0 bridgehead atoms. The number of allylic oxidation sites excluding steroid dienone is 1. The van der Waals surface area contributed by atoms with E-state index in [9.17, 15) is 9.59 Å².